The quantitative estimate of drug-likeness (QED) is 0.531. The van der Waals surface area contributed by atoms with E-state index in [9.17, 15) is 26.7 Å². The summed E-state index contributed by atoms with van der Waals surface area (Å²) in [4.78, 5) is 35.3. The molecule has 3 amide bonds. The van der Waals surface area contributed by atoms with Gasteiger partial charge in [0.05, 0.1) is 6.42 Å². The Morgan fingerprint density at radius 1 is 1.50 bits per heavy atom. The molecule has 10 heteroatoms. The minimum Gasteiger partial charge on any atom is -0.370 e. The highest BCUT2D eigenvalue weighted by Crippen LogP contribution is 2.21. The summed E-state index contributed by atoms with van der Waals surface area (Å²) in [5.74, 6) is -2.51. The molecule has 0 aromatic heterocycles. The van der Waals surface area contributed by atoms with E-state index in [-0.39, 0.29) is 13.0 Å². The summed E-state index contributed by atoms with van der Waals surface area (Å²) >= 11 is 0. The lowest BCUT2D eigenvalue weighted by Crippen LogP contribution is -2.45. The zero-order valence-electron chi connectivity index (χ0n) is 10.5. The van der Waals surface area contributed by atoms with Crippen molar-refractivity contribution in [3.63, 3.8) is 0 Å². The lowest BCUT2D eigenvalue weighted by Gasteiger charge is -2.29. The number of primary amides is 1. The molecule has 0 bridgehead atoms. The van der Waals surface area contributed by atoms with Crippen LogP contribution in [0.2, 0.25) is 0 Å². The van der Waals surface area contributed by atoms with E-state index in [1.54, 1.807) is 0 Å². The van der Waals surface area contributed by atoms with Gasteiger partial charge in [-0.1, -0.05) is 3.89 Å². The Morgan fingerprint density at radius 3 is 2.70 bits per heavy atom. The third kappa shape index (κ3) is 5.03. The molecule has 0 spiro atoms. The number of piperidine rings is 1. The van der Waals surface area contributed by atoms with Gasteiger partial charge in [0.15, 0.2) is 0 Å². The number of nitrogens with zero attached hydrogens (tertiary/aromatic N) is 2. The topological polar surface area (TPSA) is 127 Å². The number of imide groups is 1. The van der Waals surface area contributed by atoms with E-state index in [1.807, 2.05) is 0 Å². The number of halogens is 1. The van der Waals surface area contributed by atoms with E-state index in [1.165, 1.54) is 0 Å². The Balaban J connectivity index is 2.65. The summed E-state index contributed by atoms with van der Waals surface area (Å²) in [6.45, 7) is 0.170. The number of hydrogen-bond acceptors (Lipinski definition) is 5. The van der Waals surface area contributed by atoms with E-state index in [4.69, 9.17) is 5.73 Å². The van der Waals surface area contributed by atoms with Crippen LogP contribution in [0, 0.1) is 5.92 Å². The number of hydrogen-bond donors (Lipinski definition) is 1. The molecule has 0 aromatic carbocycles. The van der Waals surface area contributed by atoms with Gasteiger partial charge >= 0.3 is 10.4 Å². The van der Waals surface area contributed by atoms with Crippen molar-refractivity contribution in [2.24, 2.45) is 16.0 Å². The van der Waals surface area contributed by atoms with Crippen LogP contribution < -0.4 is 5.73 Å². The second-order valence-electron chi connectivity index (χ2n) is 4.30. The molecule has 0 aromatic rings. The van der Waals surface area contributed by atoms with Gasteiger partial charge in [0.1, 0.15) is 0 Å². The van der Waals surface area contributed by atoms with E-state index in [2.05, 4.69) is 4.40 Å². The fraction of sp³-hybridized carbons (Fsp3) is 0.600. The summed E-state index contributed by atoms with van der Waals surface area (Å²) in [7, 11) is -5.04. The molecular weight excluding hydrogens is 293 g/mol. The molecule has 1 aliphatic rings. The molecule has 0 saturated carbocycles. The van der Waals surface area contributed by atoms with Crippen molar-refractivity contribution >= 4 is 34.3 Å². The highest BCUT2D eigenvalue weighted by atomic mass is 32.3. The van der Waals surface area contributed by atoms with Crippen molar-refractivity contribution < 1.29 is 26.7 Å². The number of amides is 3. The summed E-state index contributed by atoms with van der Waals surface area (Å²) in [6, 6.07) is 0. The largest absolute Gasteiger partial charge is 0.417 e. The number of likely N-dealkylation sites (tertiary alicyclic amines) is 1. The van der Waals surface area contributed by atoms with Gasteiger partial charge in [-0.2, -0.15) is 8.42 Å². The monoisotopic (exact) mass is 307 g/mol. The normalized spacial score (nSPS) is 20.4. The van der Waals surface area contributed by atoms with Gasteiger partial charge in [-0.05, 0) is 12.8 Å². The molecule has 1 saturated heterocycles. The first kappa shape index (κ1) is 16.2. The number of rotatable bonds is 5. The molecule has 20 heavy (non-hydrogen) atoms. The van der Waals surface area contributed by atoms with Gasteiger partial charge < -0.3 is 5.73 Å². The molecule has 1 aliphatic heterocycles. The molecular formula is C10H14FN3O5S. The zero-order valence-corrected chi connectivity index (χ0v) is 11.3. The molecule has 1 unspecified atom stereocenters. The van der Waals surface area contributed by atoms with Crippen molar-refractivity contribution in [1.82, 2.24) is 4.90 Å². The fourth-order valence-corrected chi connectivity index (χ4v) is 2.20. The third-order valence-corrected chi connectivity index (χ3v) is 3.17. The van der Waals surface area contributed by atoms with Crippen LogP contribution in [0.5, 0.6) is 0 Å². The van der Waals surface area contributed by atoms with E-state index in [0.29, 0.717) is 19.1 Å². The van der Waals surface area contributed by atoms with Crippen LogP contribution >= 0.6 is 0 Å². The van der Waals surface area contributed by atoms with Crippen molar-refractivity contribution in [2.75, 3.05) is 6.54 Å². The van der Waals surface area contributed by atoms with Crippen LogP contribution in [-0.2, 0) is 24.8 Å². The zero-order chi connectivity index (χ0) is 15.3. The number of nitrogens with two attached hydrogens (primary N) is 1. The van der Waals surface area contributed by atoms with Gasteiger partial charge in [0.25, 0.3) is 0 Å². The van der Waals surface area contributed by atoms with Crippen LogP contribution in [0.4, 0.5) is 3.89 Å². The number of carbonyl (C=O) groups is 3. The van der Waals surface area contributed by atoms with Crippen LogP contribution in [0.1, 0.15) is 25.7 Å². The average molecular weight is 307 g/mol. The summed E-state index contributed by atoms with van der Waals surface area (Å²) in [6.07, 6.45) is 0.906. The maximum atomic E-state index is 12.1. The van der Waals surface area contributed by atoms with Crippen LogP contribution in [0.15, 0.2) is 4.40 Å². The number of carbonyl (C=O) groups excluding carboxylic acids is 3. The van der Waals surface area contributed by atoms with Gasteiger partial charge in [-0.25, -0.2) is 0 Å². The molecule has 2 N–H and O–H groups in total. The molecule has 1 atom stereocenters. The second-order valence-corrected chi connectivity index (χ2v) is 5.33. The highest BCUT2D eigenvalue weighted by Gasteiger charge is 2.32. The fourth-order valence-electron chi connectivity index (χ4n) is 1.94. The first-order chi connectivity index (χ1) is 9.20. The van der Waals surface area contributed by atoms with Gasteiger partial charge in [-0.15, -0.1) is 4.40 Å². The third-order valence-electron chi connectivity index (χ3n) is 2.76. The Hall–Kier alpha value is -1.84. The van der Waals surface area contributed by atoms with Crippen molar-refractivity contribution in [3.8, 4) is 0 Å². The van der Waals surface area contributed by atoms with Crippen LogP contribution in [0.25, 0.3) is 0 Å². The van der Waals surface area contributed by atoms with Crippen molar-refractivity contribution in [3.05, 3.63) is 0 Å². The van der Waals surface area contributed by atoms with E-state index >= 15 is 0 Å². The lowest BCUT2D eigenvalue weighted by molar-refractivity contribution is -0.150. The smallest absolute Gasteiger partial charge is 0.370 e. The summed E-state index contributed by atoms with van der Waals surface area (Å²) < 4.78 is 34.9. The molecule has 1 rings (SSSR count). The average Bonchev–Trinajstić information content (AvgIpc) is 2.29. The Kier molecular flexibility index (Phi) is 5.31. The molecule has 112 valence electrons. The van der Waals surface area contributed by atoms with Crippen molar-refractivity contribution in [2.45, 2.75) is 25.7 Å². The first-order valence-corrected chi connectivity index (χ1v) is 7.15. The van der Waals surface area contributed by atoms with Gasteiger partial charge in [0.2, 0.25) is 17.7 Å². The summed E-state index contributed by atoms with van der Waals surface area (Å²) in [5.41, 5.74) is 5.01. The standard InChI is InChI=1S/C10H14FN3O5S/c11-20(18,19)13-4-3-9(16)14-5-1-2-7(10(14)17)6-8(12)15/h4,7H,1-3,5-6H2,(H2,12,15)/b13-4-. The Morgan fingerprint density at radius 2 is 2.15 bits per heavy atom. The molecule has 1 fully saturated rings. The summed E-state index contributed by atoms with van der Waals surface area (Å²) in [5, 5.41) is 0. The van der Waals surface area contributed by atoms with E-state index < -0.39 is 40.5 Å². The molecule has 8 nitrogen and oxygen atoms in total. The van der Waals surface area contributed by atoms with Crippen LogP contribution in [-0.4, -0.2) is 43.8 Å². The maximum Gasteiger partial charge on any atom is 0.417 e. The minimum absolute atomic E-state index is 0.143. The first-order valence-electron chi connectivity index (χ1n) is 5.81. The highest BCUT2D eigenvalue weighted by molar-refractivity contribution is 7.85. The van der Waals surface area contributed by atoms with Crippen molar-refractivity contribution in [1.29, 1.82) is 0 Å². The molecule has 0 radical (unpaired) electrons. The second kappa shape index (κ2) is 6.55. The Labute approximate surface area is 115 Å². The Bertz CT molecular complexity index is 545. The lowest BCUT2D eigenvalue weighted by atomic mass is 9.93. The molecule has 1 heterocycles. The van der Waals surface area contributed by atoms with Gasteiger partial charge in [-0.3, -0.25) is 19.3 Å². The predicted molar refractivity (Wildman–Crippen MR) is 66.4 cm³/mol. The van der Waals surface area contributed by atoms with Crippen LogP contribution in [0.3, 0.4) is 0 Å². The maximum absolute atomic E-state index is 12.1. The predicted octanol–water partition coefficient (Wildman–Crippen LogP) is -0.698. The minimum atomic E-state index is -5.04. The van der Waals surface area contributed by atoms with Gasteiger partial charge in [0, 0.05) is 25.1 Å². The van der Waals surface area contributed by atoms with E-state index in [0.717, 1.165) is 4.90 Å². The SMILES string of the molecule is NC(=O)CC1CCCN(C(=O)C/C=N\S(=O)(=O)F)C1=O. The molecule has 0 aliphatic carbocycles.